The van der Waals surface area contributed by atoms with Crippen LogP contribution in [0, 0.1) is 0 Å². The van der Waals surface area contributed by atoms with Gasteiger partial charge in [0.05, 0.1) is 0 Å². The van der Waals surface area contributed by atoms with Crippen LogP contribution >= 0.6 is 23.2 Å². The molecule has 0 N–H and O–H groups in total. The van der Waals surface area contributed by atoms with Gasteiger partial charge in [-0.1, -0.05) is 0 Å². The average Bonchev–Trinajstić information content (AvgIpc) is 2.30. The Balaban J connectivity index is 1.97. The monoisotopic (exact) mass is 482 g/mol. The molecule has 0 saturated carbocycles. The van der Waals surface area contributed by atoms with Crippen molar-refractivity contribution < 1.29 is 0 Å². The van der Waals surface area contributed by atoms with Crippen LogP contribution in [0.5, 0.6) is 0 Å². The fourth-order valence-electron chi connectivity index (χ4n) is 1.08. The van der Waals surface area contributed by atoms with Gasteiger partial charge in [-0.15, -0.1) is 0 Å². The molecule has 0 unspecified atom stereocenters. The summed E-state index contributed by atoms with van der Waals surface area (Å²) in [4.78, 5) is 0. The van der Waals surface area contributed by atoms with Gasteiger partial charge in [0.25, 0.3) is 0 Å². The predicted molar refractivity (Wildman–Crippen MR) is 73.7 cm³/mol. The molecule has 0 aromatic heterocycles. The van der Waals surface area contributed by atoms with E-state index in [1.807, 2.05) is 24.3 Å². The first-order chi connectivity index (χ1) is 7.74. The Hall–Kier alpha value is 0.599. The molecular formula is C12H8Cl2Te2. The van der Waals surface area contributed by atoms with Crippen molar-refractivity contribution in [2.24, 2.45) is 0 Å². The molecule has 16 heavy (non-hydrogen) atoms. The van der Waals surface area contributed by atoms with Crippen molar-refractivity contribution >= 4 is 64.5 Å². The fraction of sp³-hybridized carbons (Fsp3) is 0. The van der Waals surface area contributed by atoms with Crippen LogP contribution in [0.2, 0.25) is 10.0 Å². The van der Waals surface area contributed by atoms with E-state index in [-0.39, 0.29) is 34.1 Å². The van der Waals surface area contributed by atoms with Crippen LogP contribution in [0.1, 0.15) is 0 Å². The molecule has 0 fully saturated rings. The van der Waals surface area contributed by atoms with Gasteiger partial charge in [0.1, 0.15) is 0 Å². The number of hydrogen-bond donors (Lipinski definition) is 0. The summed E-state index contributed by atoms with van der Waals surface area (Å²) in [6.07, 6.45) is 0. The summed E-state index contributed by atoms with van der Waals surface area (Å²) < 4.78 is 2.99. The van der Waals surface area contributed by atoms with E-state index in [1.54, 1.807) is 0 Å². The number of halogens is 2. The van der Waals surface area contributed by atoms with Gasteiger partial charge in [-0.05, 0) is 0 Å². The summed E-state index contributed by atoms with van der Waals surface area (Å²) in [5, 5.41) is 1.65. The zero-order chi connectivity index (χ0) is 11.4. The third-order valence-corrected chi connectivity index (χ3v) is 14.2. The first-order valence-electron chi connectivity index (χ1n) is 4.60. The van der Waals surface area contributed by atoms with Crippen LogP contribution in [0.15, 0.2) is 48.5 Å². The van der Waals surface area contributed by atoms with E-state index in [2.05, 4.69) is 24.3 Å². The first-order valence-corrected chi connectivity index (χ1v) is 15.0. The molecule has 0 saturated heterocycles. The quantitative estimate of drug-likeness (QED) is 0.595. The summed E-state index contributed by atoms with van der Waals surface area (Å²) >= 11 is 11.7. The van der Waals surface area contributed by atoms with Crippen LogP contribution in [0.3, 0.4) is 0 Å². The molecule has 0 atom stereocenters. The summed E-state index contributed by atoms with van der Waals surface area (Å²) in [6, 6.07) is 16.6. The van der Waals surface area contributed by atoms with Crippen LogP contribution < -0.4 is 7.22 Å². The molecule has 2 rings (SSSR count). The van der Waals surface area contributed by atoms with Crippen LogP contribution in [0.4, 0.5) is 0 Å². The predicted octanol–water partition coefficient (Wildman–Crippen LogP) is 2.27. The molecule has 0 nitrogen and oxygen atoms in total. The van der Waals surface area contributed by atoms with Gasteiger partial charge in [-0.3, -0.25) is 0 Å². The minimum atomic E-state index is -0.0286. The van der Waals surface area contributed by atoms with Gasteiger partial charge in [0, 0.05) is 0 Å². The summed E-state index contributed by atoms with van der Waals surface area (Å²) in [7, 11) is 0. The molecule has 0 radical (unpaired) electrons. The second kappa shape index (κ2) is 6.51. The molecule has 82 valence electrons. The molecule has 0 aliphatic carbocycles. The number of hydrogen-bond acceptors (Lipinski definition) is 0. The van der Waals surface area contributed by atoms with Gasteiger partial charge < -0.3 is 0 Å². The zero-order valence-corrected chi connectivity index (χ0v) is 14.4. The van der Waals surface area contributed by atoms with E-state index in [9.17, 15) is 0 Å². The molecule has 0 bridgehead atoms. The van der Waals surface area contributed by atoms with Gasteiger partial charge in [0.15, 0.2) is 0 Å². The van der Waals surface area contributed by atoms with E-state index in [0.29, 0.717) is 0 Å². The molecule has 4 heteroatoms. The molecular weight excluding hydrogens is 470 g/mol. The Morgan fingerprint density at radius 2 is 0.875 bits per heavy atom. The first kappa shape index (κ1) is 13.0. The van der Waals surface area contributed by atoms with E-state index in [4.69, 9.17) is 23.2 Å². The third kappa shape index (κ3) is 4.12. The zero-order valence-electron chi connectivity index (χ0n) is 8.19. The molecule has 0 aliphatic heterocycles. The van der Waals surface area contributed by atoms with Crippen molar-refractivity contribution in [3.63, 3.8) is 0 Å². The summed E-state index contributed by atoms with van der Waals surface area (Å²) in [6.45, 7) is 0. The van der Waals surface area contributed by atoms with Crippen molar-refractivity contribution in [2.75, 3.05) is 0 Å². The molecule has 0 spiro atoms. The Bertz CT molecular complexity index is 406. The van der Waals surface area contributed by atoms with Crippen molar-refractivity contribution in [1.29, 1.82) is 0 Å². The van der Waals surface area contributed by atoms with Gasteiger partial charge in [0.2, 0.25) is 0 Å². The van der Waals surface area contributed by atoms with Gasteiger partial charge in [-0.2, -0.15) is 0 Å². The van der Waals surface area contributed by atoms with Crippen molar-refractivity contribution in [3.8, 4) is 0 Å². The molecule has 0 heterocycles. The second-order valence-corrected chi connectivity index (χ2v) is 14.0. The summed E-state index contributed by atoms with van der Waals surface area (Å²) in [5.41, 5.74) is 0. The summed E-state index contributed by atoms with van der Waals surface area (Å²) in [5.74, 6) is 0. The standard InChI is InChI=1S/C12H8Cl2Te2/c13-9-1-5-11(6-2-9)15-16-12-7-3-10(14)4-8-12/h1-8H. The molecule has 0 aliphatic rings. The average molecular weight is 478 g/mol. The van der Waals surface area contributed by atoms with Crippen LogP contribution in [-0.4, -0.2) is 34.1 Å². The SMILES string of the molecule is Clc1ccc([Te][Te]c2ccc(Cl)cc2)cc1. The van der Waals surface area contributed by atoms with Crippen molar-refractivity contribution in [2.45, 2.75) is 0 Å². The van der Waals surface area contributed by atoms with E-state index >= 15 is 0 Å². The van der Waals surface area contributed by atoms with E-state index < -0.39 is 0 Å². The Morgan fingerprint density at radius 3 is 1.19 bits per heavy atom. The maximum atomic E-state index is 5.86. The number of benzene rings is 2. The van der Waals surface area contributed by atoms with Crippen molar-refractivity contribution in [1.82, 2.24) is 0 Å². The second-order valence-electron chi connectivity index (χ2n) is 3.07. The molecule has 0 amide bonds. The van der Waals surface area contributed by atoms with Gasteiger partial charge >= 0.3 is 123 Å². The van der Waals surface area contributed by atoms with Crippen LogP contribution in [-0.2, 0) is 0 Å². The molecule has 2 aromatic carbocycles. The fourth-order valence-corrected chi connectivity index (χ4v) is 11.2. The van der Waals surface area contributed by atoms with Gasteiger partial charge in [-0.25, -0.2) is 0 Å². The normalized spacial score (nSPS) is 10.4. The Kier molecular flexibility index (Phi) is 5.31. The van der Waals surface area contributed by atoms with Crippen LogP contribution in [0.25, 0.3) is 0 Å². The molecule has 2 aromatic rings. The van der Waals surface area contributed by atoms with Crippen molar-refractivity contribution in [3.05, 3.63) is 58.6 Å². The van der Waals surface area contributed by atoms with E-state index in [1.165, 1.54) is 7.22 Å². The van der Waals surface area contributed by atoms with E-state index in [0.717, 1.165) is 10.0 Å². The minimum absolute atomic E-state index is 0.0286. The number of rotatable bonds is 3. The Labute approximate surface area is 122 Å². The third-order valence-electron chi connectivity index (χ3n) is 1.86. The Morgan fingerprint density at radius 1 is 0.562 bits per heavy atom. The maximum absolute atomic E-state index is 5.86. The topological polar surface area (TPSA) is 0 Å².